The van der Waals surface area contributed by atoms with Crippen LogP contribution in [0, 0.1) is 13.8 Å². The zero-order valence-electron chi connectivity index (χ0n) is 17.2. The first-order chi connectivity index (χ1) is 14.3. The monoisotopic (exact) mass is 443 g/mol. The molecule has 2 aliphatic heterocycles. The normalized spacial score (nSPS) is 18.0. The maximum Gasteiger partial charge on any atom is 0.282 e. The Morgan fingerprint density at radius 2 is 1.47 bits per heavy atom. The molecule has 0 atom stereocenters. The van der Waals surface area contributed by atoms with Crippen molar-refractivity contribution in [2.24, 2.45) is 0 Å². The molecule has 0 radical (unpaired) electrons. The number of carbonyl (C=O) groups is 2. The molecule has 2 amide bonds. The highest BCUT2D eigenvalue weighted by Crippen LogP contribution is 2.38. The van der Waals surface area contributed by atoms with Gasteiger partial charge in [0, 0.05) is 36.8 Å². The SMILES string of the molecule is Cc1cc(C)cc(N2C(=O)C(c3ccc(Cl)cc3Cl)=C(N3CCN(C)CC3)C2=O)c1. The molecule has 2 aromatic rings. The molecule has 156 valence electrons. The number of aryl methyl sites for hydroxylation is 2. The molecule has 0 saturated carbocycles. The van der Waals surface area contributed by atoms with Gasteiger partial charge in [0.15, 0.2) is 0 Å². The lowest BCUT2D eigenvalue weighted by atomic mass is 10.0. The number of imide groups is 1. The number of halogens is 2. The van der Waals surface area contributed by atoms with E-state index < -0.39 is 0 Å². The minimum atomic E-state index is -0.358. The Balaban J connectivity index is 1.86. The van der Waals surface area contributed by atoms with Crippen molar-refractivity contribution in [3.63, 3.8) is 0 Å². The van der Waals surface area contributed by atoms with E-state index in [4.69, 9.17) is 23.2 Å². The Kier molecular flexibility index (Phi) is 5.62. The second-order valence-electron chi connectivity index (χ2n) is 7.93. The van der Waals surface area contributed by atoms with Gasteiger partial charge in [0.2, 0.25) is 0 Å². The van der Waals surface area contributed by atoms with Crippen LogP contribution >= 0.6 is 23.2 Å². The molecule has 0 aliphatic carbocycles. The van der Waals surface area contributed by atoms with Crippen molar-refractivity contribution in [3.8, 4) is 0 Å². The van der Waals surface area contributed by atoms with E-state index in [1.807, 2.05) is 44.0 Å². The number of hydrogen-bond donors (Lipinski definition) is 0. The van der Waals surface area contributed by atoms with Crippen molar-refractivity contribution in [1.29, 1.82) is 0 Å². The maximum absolute atomic E-state index is 13.6. The summed E-state index contributed by atoms with van der Waals surface area (Å²) in [7, 11) is 2.05. The van der Waals surface area contributed by atoms with Crippen molar-refractivity contribution in [1.82, 2.24) is 9.80 Å². The van der Waals surface area contributed by atoms with Crippen molar-refractivity contribution >= 4 is 46.3 Å². The fourth-order valence-electron chi connectivity index (χ4n) is 4.09. The molecule has 1 fully saturated rings. The molecular formula is C23H23Cl2N3O2. The number of piperazine rings is 1. The first-order valence-electron chi connectivity index (χ1n) is 9.86. The van der Waals surface area contributed by atoms with Crippen molar-refractivity contribution < 1.29 is 9.59 Å². The molecule has 30 heavy (non-hydrogen) atoms. The number of hydrogen-bond acceptors (Lipinski definition) is 4. The van der Waals surface area contributed by atoms with Gasteiger partial charge in [-0.2, -0.15) is 0 Å². The molecule has 2 heterocycles. The molecule has 0 N–H and O–H groups in total. The predicted octanol–water partition coefficient (Wildman–Crippen LogP) is 4.14. The average Bonchev–Trinajstić information content (AvgIpc) is 2.92. The van der Waals surface area contributed by atoms with Gasteiger partial charge in [-0.15, -0.1) is 0 Å². The van der Waals surface area contributed by atoms with E-state index in [1.165, 1.54) is 4.90 Å². The summed E-state index contributed by atoms with van der Waals surface area (Å²) in [5, 5.41) is 0.834. The number of carbonyl (C=O) groups excluding carboxylic acids is 2. The molecule has 1 saturated heterocycles. The Bertz CT molecular complexity index is 1050. The quantitative estimate of drug-likeness (QED) is 0.668. The van der Waals surface area contributed by atoms with Crippen LogP contribution in [0.2, 0.25) is 10.0 Å². The fourth-order valence-corrected chi connectivity index (χ4v) is 4.59. The van der Waals surface area contributed by atoms with Crippen LogP contribution in [0.5, 0.6) is 0 Å². The van der Waals surface area contributed by atoms with Crippen LogP contribution in [0.3, 0.4) is 0 Å². The number of likely N-dealkylation sites (N-methyl/N-ethyl adjacent to an activating group) is 1. The minimum absolute atomic E-state index is 0.310. The van der Waals surface area contributed by atoms with Crippen LogP contribution in [0.15, 0.2) is 42.1 Å². The summed E-state index contributed by atoms with van der Waals surface area (Å²) in [4.78, 5) is 32.7. The van der Waals surface area contributed by atoms with E-state index in [0.29, 0.717) is 45.7 Å². The van der Waals surface area contributed by atoms with Gasteiger partial charge in [-0.3, -0.25) is 9.59 Å². The van der Waals surface area contributed by atoms with Crippen LogP contribution in [-0.4, -0.2) is 54.8 Å². The van der Waals surface area contributed by atoms with E-state index in [0.717, 1.165) is 24.2 Å². The van der Waals surface area contributed by atoms with E-state index in [9.17, 15) is 9.59 Å². The van der Waals surface area contributed by atoms with E-state index in [-0.39, 0.29) is 11.8 Å². The maximum atomic E-state index is 13.6. The van der Waals surface area contributed by atoms with Gasteiger partial charge in [-0.1, -0.05) is 35.3 Å². The Hall–Kier alpha value is -2.34. The molecule has 0 spiro atoms. The fraction of sp³-hybridized carbons (Fsp3) is 0.304. The highest BCUT2D eigenvalue weighted by atomic mass is 35.5. The first kappa shape index (κ1) is 20.9. The Labute approximate surface area is 186 Å². The van der Waals surface area contributed by atoms with Gasteiger partial charge < -0.3 is 9.80 Å². The number of benzene rings is 2. The van der Waals surface area contributed by atoms with Crippen LogP contribution in [0.4, 0.5) is 5.69 Å². The van der Waals surface area contributed by atoms with Crippen LogP contribution < -0.4 is 4.90 Å². The van der Waals surface area contributed by atoms with Gasteiger partial charge in [0.05, 0.1) is 16.3 Å². The van der Waals surface area contributed by atoms with Crippen molar-refractivity contribution in [2.75, 3.05) is 38.1 Å². The van der Waals surface area contributed by atoms with Crippen LogP contribution in [0.25, 0.3) is 5.57 Å². The third-order valence-corrected chi connectivity index (χ3v) is 6.09. The second kappa shape index (κ2) is 8.06. The molecule has 5 nitrogen and oxygen atoms in total. The summed E-state index contributed by atoms with van der Waals surface area (Å²) < 4.78 is 0. The molecule has 7 heteroatoms. The molecule has 2 aliphatic rings. The van der Waals surface area contributed by atoms with Crippen molar-refractivity contribution in [3.05, 3.63) is 68.8 Å². The number of rotatable bonds is 3. The molecule has 2 aromatic carbocycles. The third-order valence-electron chi connectivity index (χ3n) is 5.54. The molecule has 0 aromatic heterocycles. The molecule has 0 unspecified atom stereocenters. The topological polar surface area (TPSA) is 43.9 Å². The number of nitrogens with zero attached hydrogens (tertiary/aromatic N) is 3. The van der Waals surface area contributed by atoms with E-state index in [2.05, 4.69) is 4.90 Å². The summed E-state index contributed by atoms with van der Waals surface area (Å²) in [6.07, 6.45) is 0. The van der Waals surface area contributed by atoms with Gasteiger partial charge in [-0.05, 0) is 56.3 Å². The lowest BCUT2D eigenvalue weighted by molar-refractivity contribution is -0.120. The van der Waals surface area contributed by atoms with Gasteiger partial charge in [0.25, 0.3) is 11.8 Å². The standard InChI is InChI=1S/C23H23Cl2N3O2/c1-14-10-15(2)12-17(11-14)28-22(29)20(18-5-4-16(24)13-19(18)25)21(23(28)30)27-8-6-26(3)7-9-27/h4-5,10-13H,6-9H2,1-3H3. The number of anilines is 1. The van der Waals surface area contributed by atoms with E-state index in [1.54, 1.807) is 18.2 Å². The predicted molar refractivity (Wildman–Crippen MR) is 121 cm³/mol. The molecular weight excluding hydrogens is 421 g/mol. The molecule has 0 bridgehead atoms. The lowest BCUT2D eigenvalue weighted by Gasteiger charge is -2.34. The third kappa shape index (κ3) is 3.73. The lowest BCUT2D eigenvalue weighted by Crippen LogP contribution is -2.46. The van der Waals surface area contributed by atoms with Gasteiger partial charge in [0.1, 0.15) is 5.70 Å². The summed E-state index contributed by atoms with van der Waals surface area (Å²) in [5.74, 6) is -0.668. The minimum Gasteiger partial charge on any atom is -0.364 e. The van der Waals surface area contributed by atoms with Gasteiger partial charge in [-0.25, -0.2) is 4.90 Å². The summed E-state index contributed by atoms with van der Waals surface area (Å²) in [6.45, 7) is 6.87. The Morgan fingerprint density at radius 1 is 0.833 bits per heavy atom. The smallest absolute Gasteiger partial charge is 0.282 e. The van der Waals surface area contributed by atoms with E-state index >= 15 is 0 Å². The highest BCUT2D eigenvalue weighted by Gasteiger charge is 2.43. The number of amides is 2. The summed E-state index contributed by atoms with van der Waals surface area (Å²) in [6, 6.07) is 10.7. The highest BCUT2D eigenvalue weighted by molar-refractivity contribution is 6.47. The molecule has 4 rings (SSSR count). The largest absolute Gasteiger partial charge is 0.364 e. The zero-order chi connectivity index (χ0) is 21.6. The summed E-state index contributed by atoms with van der Waals surface area (Å²) in [5.41, 5.74) is 3.84. The van der Waals surface area contributed by atoms with Crippen LogP contribution in [0.1, 0.15) is 16.7 Å². The average molecular weight is 444 g/mol. The summed E-state index contributed by atoms with van der Waals surface area (Å²) >= 11 is 12.5. The second-order valence-corrected chi connectivity index (χ2v) is 8.77. The van der Waals surface area contributed by atoms with Crippen LogP contribution in [-0.2, 0) is 9.59 Å². The zero-order valence-corrected chi connectivity index (χ0v) is 18.7. The Morgan fingerprint density at radius 3 is 2.07 bits per heavy atom. The first-order valence-corrected chi connectivity index (χ1v) is 10.6. The van der Waals surface area contributed by atoms with Gasteiger partial charge >= 0.3 is 0 Å². The van der Waals surface area contributed by atoms with Crippen molar-refractivity contribution in [2.45, 2.75) is 13.8 Å².